The van der Waals surface area contributed by atoms with E-state index in [1.54, 1.807) is 0 Å². The Kier molecular flexibility index (Phi) is 20.6. The molecule has 0 unspecified atom stereocenters. The molecule has 0 spiro atoms. The van der Waals surface area contributed by atoms with Crippen molar-refractivity contribution in [1.82, 2.24) is 0 Å². The lowest BCUT2D eigenvalue weighted by molar-refractivity contribution is -0.282. The largest absolute Gasteiger partial charge is 0.504 e. The van der Waals surface area contributed by atoms with Crippen molar-refractivity contribution in [2.24, 2.45) is 0 Å². The predicted octanol–water partition coefficient (Wildman–Crippen LogP) is 4.80. The van der Waals surface area contributed by atoms with E-state index in [4.69, 9.17) is 61.6 Å². The molecule has 29 N–H and O–H groups in total. The van der Waals surface area contributed by atoms with Gasteiger partial charge in [0.1, 0.15) is 31.0 Å². The molecule has 2 saturated heterocycles. The van der Waals surface area contributed by atoms with Crippen molar-refractivity contribution in [3.63, 3.8) is 0 Å². The van der Waals surface area contributed by atoms with Gasteiger partial charge in [-0.05, 0) is 72.8 Å². The van der Waals surface area contributed by atoms with E-state index in [0.717, 1.165) is 0 Å². The molecule has 50 nitrogen and oxygen atoms in total. The SMILES string of the molecule is O=C(O[C@H]1O[C@@H]2COc3c(c4cc(O)c(O)c(O)c4c4c(O)c(O)c(O)cc34)O[C@H]2[C@H](OC(=O)c2cc(O)c(O)c(O)c2)[C@H]1OC(=O)c1cc(O)c(O)c(O)c1)c1cc(O)c(O)c(Oc2c(C(=O)O[C@@H]3O[C@@H]4COC(=O)c5cc(O)c(O)c(O)c5-c5c(cc(O)c(O)c5O)C(=O)O[C@H]4[C@@H]4OC(=O)c5cc(O)c(O)c(O)c5-c5c(cc(O)c(O)c5O)C(=O)O[C@@H]34)cc(O)c(O)c2O)c1. The molecule has 0 radical (unpaired) electrons. The number of esters is 8. The van der Waals surface area contributed by atoms with Crippen LogP contribution in [0.3, 0.4) is 0 Å². The van der Waals surface area contributed by atoms with E-state index in [-0.39, 0.29) is 24.3 Å². The van der Waals surface area contributed by atoms with Crippen LogP contribution < -0.4 is 14.2 Å². The van der Waals surface area contributed by atoms with Gasteiger partial charge in [0.15, 0.2) is 162 Å². The van der Waals surface area contributed by atoms with Crippen molar-refractivity contribution >= 4 is 69.3 Å². The van der Waals surface area contributed by atoms with Crippen LogP contribution in [0.5, 0.6) is 190 Å². The van der Waals surface area contributed by atoms with E-state index in [1.807, 2.05) is 0 Å². The molecule has 11 aromatic carbocycles. The van der Waals surface area contributed by atoms with Crippen molar-refractivity contribution in [2.75, 3.05) is 13.2 Å². The van der Waals surface area contributed by atoms with Gasteiger partial charge in [-0.2, -0.15) is 0 Å². The number of phenols is 29. The minimum absolute atomic E-state index is 0.147. The Balaban J connectivity index is 0.799. The van der Waals surface area contributed by atoms with Gasteiger partial charge in [-0.25, -0.2) is 38.4 Å². The molecular formula is C82H56O50. The van der Waals surface area contributed by atoms with Crippen molar-refractivity contribution in [2.45, 2.75) is 61.4 Å². The van der Waals surface area contributed by atoms with E-state index >= 15 is 24.0 Å². The number of ether oxygens (including phenoxy) is 13. The number of hydrogen-bond donors (Lipinski definition) is 29. The highest BCUT2D eigenvalue weighted by Gasteiger charge is 2.59. The number of aromatic hydroxyl groups is 29. The van der Waals surface area contributed by atoms with E-state index in [2.05, 4.69) is 0 Å². The molecule has 132 heavy (non-hydrogen) atoms. The normalized spacial score (nSPS) is 19.6. The fourth-order valence-corrected chi connectivity index (χ4v) is 15.0. The molecule has 0 aliphatic carbocycles. The third kappa shape index (κ3) is 13.9. The van der Waals surface area contributed by atoms with Crippen LogP contribution in [0.4, 0.5) is 0 Å². The lowest BCUT2D eigenvalue weighted by Crippen LogP contribution is -2.63. The van der Waals surface area contributed by atoms with Gasteiger partial charge in [0.25, 0.3) is 0 Å². The first-order valence-corrected chi connectivity index (χ1v) is 37.0. The first-order valence-electron chi connectivity index (χ1n) is 37.0. The second-order valence-electron chi connectivity index (χ2n) is 29.1. The van der Waals surface area contributed by atoms with Gasteiger partial charge in [-0.3, -0.25) is 0 Å². The highest BCUT2D eigenvalue weighted by molar-refractivity contribution is 6.21. The topological polar surface area (TPSA) is 843 Å². The summed E-state index contributed by atoms with van der Waals surface area (Å²) < 4.78 is 76.7. The second kappa shape index (κ2) is 31.4. The van der Waals surface area contributed by atoms with Gasteiger partial charge in [0.05, 0.1) is 38.9 Å². The molecule has 0 amide bonds. The quantitative estimate of drug-likeness (QED) is 0.0378. The maximum atomic E-state index is 15.4. The average Bonchev–Trinajstić information content (AvgIpc) is 1.17. The summed E-state index contributed by atoms with van der Waals surface area (Å²) in [6, 6.07) is 5.28. The Labute approximate surface area is 724 Å². The smallest absolute Gasteiger partial charge is 0.344 e. The predicted molar refractivity (Wildman–Crippen MR) is 414 cm³/mol. The van der Waals surface area contributed by atoms with Gasteiger partial charge in [0.2, 0.25) is 76.5 Å². The van der Waals surface area contributed by atoms with Crippen molar-refractivity contribution in [1.29, 1.82) is 0 Å². The van der Waals surface area contributed by atoms with Gasteiger partial charge in [0, 0.05) is 49.9 Å². The molecule has 5 aliphatic rings. The molecular weight excluding hydrogens is 1780 g/mol. The fraction of sp³-hybridized carbons (Fsp3) is 0.146. The monoisotopic (exact) mass is 1840 g/mol. The van der Waals surface area contributed by atoms with E-state index in [0.29, 0.717) is 54.6 Å². The third-order valence-electron chi connectivity index (χ3n) is 21.3. The zero-order valence-electron chi connectivity index (χ0n) is 64.7. The van der Waals surface area contributed by atoms with Gasteiger partial charge >= 0.3 is 47.8 Å². The summed E-state index contributed by atoms with van der Waals surface area (Å²) >= 11 is 0. The summed E-state index contributed by atoms with van der Waals surface area (Å²) in [7, 11) is 0. The summed E-state index contributed by atoms with van der Waals surface area (Å²) in [4.78, 5) is 120. The molecule has 11 aromatic rings. The van der Waals surface area contributed by atoms with Gasteiger partial charge in [-0.15, -0.1) is 0 Å². The molecule has 0 saturated carbocycles. The van der Waals surface area contributed by atoms with Crippen LogP contribution in [0.15, 0.2) is 78.9 Å². The zero-order chi connectivity index (χ0) is 95.5. The summed E-state index contributed by atoms with van der Waals surface area (Å²) in [5, 5.41) is 316. The highest BCUT2D eigenvalue weighted by atomic mass is 16.8. The molecule has 684 valence electrons. The van der Waals surface area contributed by atoms with Crippen LogP contribution in [-0.4, -0.2) is 270 Å². The summed E-state index contributed by atoms with van der Waals surface area (Å²) in [5.41, 5.74) is -14.6. The molecule has 0 aromatic heterocycles. The highest BCUT2D eigenvalue weighted by Crippen LogP contribution is 2.61. The molecule has 5 heterocycles. The molecule has 5 aliphatic heterocycles. The number of fused-ring (bicyclic) bond motifs is 16. The number of phenolic OH excluding ortho intramolecular Hbond substituents is 29. The minimum Gasteiger partial charge on any atom is -0.504 e. The number of hydrogen-bond acceptors (Lipinski definition) is 50. The Hall–Kier alpha value is -18.8. The molecule has 50 heteroatoms. The van der Waals surface area contributed by atoms with Crippen molar-refractivity contribution in [3.05, 3.63) is 123 Å². The summed E-state index contributed by atoms with van der Waals surface area (Å²) in [6.07, 6.45) is -26.6. The lowest BCUT2D eigenvalue weighted by Gasteiger charge is -2.44. The number of benzene rings is 11. The number of rotatable bonds is 10. The third-order valence-corrected chi connectivity index (χ3v) is 21.3. The van der Waals surface area contributed by atoms with Crippen LogP contribution in [0.1, 0.15) is 82.9 Å². The van der Waals surface area contributed by atoms with Crippen LogP contribution in [0.25, 0.3) is 43.8 Å². The lowest BCUT2D eigenvalue weighted by atomic mass is 9.91. The van der Waals surface area contributed by atoms with Crippen molar-refractivity contribution in [3.8, 4) is 212 Å². The Morgan fingerprint density at radius 3 is 1.07 bits per heavy atom. The summed E-state index contributed by atoms with van der Waals surface area (Å²) in [5.74, 6) is -61.1. The van der Waals surface area contributed by atoms with Crippen LogP contribution in [0, 0.1) is 0 Å². The zero-order valence-corrected chi connectivity index (χ0v) is 64.7. The van der Waals surface area contributed by atoms with Crippen LogP contribution >= 0.6 is 0 Å². The maximum absolute atomic E-state index is 15.4. The van der Waals surface area contributed by atoms with Crippen LogP contribution in [-0.2, 0) is 47.4 Å². The van der Waals surface area contributed by atoms with E-state index in [9.17, 15) is 162 Å². The van der Waals surface area contributed by atoms with Crippen molar-refractivity contribution < 1.29 is 248 Å². The summed E-state index contributed by atoms with van der Waals surface area (Å²) in [6.45, 7) is -2.63. The Morgan fingerprint density at radius 1 is 0.273 bits per heavy atom. The molecule has 2 fully saturated rings. The van der Waals surface area contributed by atoms with Gasteiger partial charge < -0.3 is 210 Å². The fourth-order valence-electron chi connectivity index (χ4n) is 15.0. The average molecular weight is 1840 g/mol. The van der Waals surface area contributed by atoms with E-state index < -0.39 is 400 Å². The van der Waals surface area contributed by atoms with Crippen LogP contribution in [0.2, 0.25) is 0 Å². The molecule has 10 atom stereocenters. The van der Waals surface area contributed by atoms with E-state index in [1.165, 1.54) is 0 Å². The first-order chi connectivity index (χ1) is 62.3. The first kappa shape index (κ1) is 86.7. The van der Waals surface area contributed by atoms with Gasteiger partial charge in [-0.1, -0.05) is 0 Å². The molecule has 16 rings (SSSR count). The second-order valence-corrected chi connectivity index (χ2v) is 29.1. The number of carbonyl (C=O) groups is 8. The number of carbonyl (C=O) groups excluding carboxylic acids is 8. The minimum atomic E-state index is -3.05. The Bertz CT molecular complexity index is 6930. The molecule has 0 bridgehead atoms. The standard InChI is InChI=1S/C82H56O50/c83-26-1-16(2-27(84)47(26)95)73(112)127-69-67-39(14-120-65-19-7-31(88)50(98)57(105)41(19)42-20(66(65)125-67)8-32(89)51(99)58(42)106)123-81(71(69)129-74(113)17-3-28(85)48(96)29(86)4-17)131-75(114)18-5-30(87)49(97)38(6-18)122-64-25(13-37(94)56(104)63(64)111)80(119)132-82-72-70(128-78(117)23-11-35(92)54(102)61(109)45(23)46-24(79(118)130-72)12-36(93)55(103)62(46)110)68-40(124-82)15-121-76(115)21-9-33(90)52(100)59(107)43(21)44-22(77(116)126-68)10-34(91)53(101)60(44)108/h1-13,39-40,67-72,81-111H,14-15H2/t39-,40-,67-,68-,69+,70+,71-,72-,81-,82+/m1/s1. The number of cyclic esters (lactones) is 1. The maximum Gasteiger partial charge on any atom is 0.344 e. The Morgan fingerprint density at radius 2 is 0.606 bits per heavy atom.